The average Bonchev–Trinajstić information content (AvgIpc) is 3.80. The van der Waals surface area contributed by atoms with E-state index in [4.69, 9.17) is 0 Å². The van der Waals surface area contributed by atoms with Gasteiger partial charge in [-0.1, -0.05) is 98.1 Å². The highest BCUT2D eigenvalue weighted by Crippen LogP contribution is 2.39. The number of para-hydroxylation sites is 4. The van der Waals surface area contributed by atoms with Gasteiger partial charge in [-0.2, -0.15) is 0 Å². The summed E-state index contributed by atoms with van der Waals surface area (Å²) in [6.07, 6.45) is 11.4. The number of anilines is 4. The molecular formula is C52H38N6. The Kier molecular flexibility index (Phi) is 8.69. The summed E-state index contributed by atoms with van der Waals surface area (Å²) in [5, 5.41) is 4.70. The number of allylic oxidation sites excluding steroid dienone is 2. The molecule has 0 saturated carbocycles. The Hall–Kier alpha value is -7.96. The number of rotatable bonds is 10. The first kappa shape index (κ1) is 34.5. The molecule has 0 aliphatic rings. The maximum Gasteiger partial charge on any atom is 0.0571 e. The lowest BCUT2D eigenvalue weighted by atomic mass is 10.1. The van der Waals surface area contributed by atoms with Crippen molar-refractivity contribution < 1.29 is 0 Å². The Bertz CT molecular complexity index is 2870. The molecule has 0 atom stereocenters. The monoisotopic (exact) mass is 746 g/mol. The lowest BCUT2D eigenvalue weighted by molar-refractivity contribution is 1.13. The first-order valence-electron chi connectivity index (χ1n) is 19.3. The molecule has 10 aromatic rings. The average molecular weight is 747 g/mol. The van der Waals surface area contributed by atoms with Crippen LogP contribution in [0.15, 0.2) is 231 Å². The molecule has 0 amide bonds. The number of fused-ring (bicyclic) bond motifs is 6. The molecule has 0 aliphatic heterocycles. The van der Waals surface area contributed by atoms with Crippen molar-refractivity contribution in [3.8, 4) is 11.4 Å². The van der Waals surface area contributed by atoms with Crippen LogP contribution in [0.1, 0.15) is 0 Å². The zero-order valence-electron chi connectivity index (χ0n) is 31.7. The number of aromatic nitrogens is 4. The standard InChI is InChI=1S/C52H38N6/c1-3-38(33-37(2)55(39-15-5-4-6-16-39)40-27-30-53-31-28-40)56(41-17-13-19-43(34-41)57-49-24-10-7-21-45(49)46-22-8-11-25-50(46)57)42-18-14-20-44(35-42)58-51-26-12-9-23-47(51)48-36-54-32-29-52(48)58/h3-36H,1-2H2. The second-order valence-electron chi connectivity index (χ2n) is 14.1. The van der Waals surface area contributed by atoms with Gasteiger partial charge in [-0.25, -0.2) is 0 Å². The molecule has 276 valence electrons. The van der Waals surface area contributed by atoms with Crippen LogP contribution >= 0.6 is 0 Å². The zero-order valence-corrected chi connectivity index (χ0v) is 31.7. The molecule has 0 N–H and O–H groups in total. The molecule has 4 aromatic heterocycles. The molecule has 58 heavy (non-hydrogen) atoms. The Morgan fingerprint density at radius 1 is 0.448 bits per heavy atom. The zero-order chi connectivity index (χ0) is 39.0. The van der Waals surface area contributed by atoms with E-state index in [-0.39, 0.29) is 0 Å². The fourth-order valence-corrected chi connectivity index (χ4v) is 8.29. The highest BCUT2D eigenvalue weighted by molar-refractivity contribution is 6.10. The second kappa shape index (κ2) is 14.6. The van der Waals surface area contributed by atoms with Crippen molar-refractivity contribution in [1.29, 1.82) is 0 Å². The van der Waals surface area contributed by atoms with Gasteiger partial charge in [0.05, 0.1) is 22.1 Å². The molecule has 0 unspecified atom stereocenters. The van der Waals surface area contributed by atoms with Gasteiger partial charge in [0, 0.05) is 91.9 Å². The van der Waals surface area contributed by atoms with Crippen molar-refractivity contribution in [3.05, 3.63) is 231 Å². The van der Waals surface area contributed by atoms with E-state index < -0.39 is 0 Å². The third-order valence-corrected chi connectivity index (χ3v) is 10.8. The lowest BCUT2D eigenvalue weighted by Gasteiger charge is -2.30. The smallest absolute Gasteiger partial charge is 0.0571 e. The number of hydrogen-bond donors (Lipinski definition) is 0. The van der Waals surface area contributed by atoms with Crippen LogP contribution in [-0.4, -0.2) is 19.1 Å². The van der Waals surface area contributed by atoms with Crippen LogP contribution in [0.5, 0.6) is 0 Å². The molecule has 6 aromatic carbocycles. The summed E-state index contributed by atoms with van der Waals surface area (Å²) in [6.45, 7) is 9.06. The summed E-state index contributed by atoms with van der Waals surface area (Å²) < 4.78 is 4.67. The number of pyridine rings is 2. The highest BCUT2D eigenvalue weighted by Gasteiger charge is 2.20. The minimum absolute atomic E-state index is 0.766. The van der Waals surface area contributed by atoms with E-state index in [0.717, 1.165) is 78.4 Å². The molecule has 0 radical (unpaired) electrons. The third-order valence-electron chi connectivity index (χ3n) is 10.8. The topological polar surface area (TPSA) is 42.1 Å². The fraction of sp³-hybridized carbons (Fsp3) is 0. The van der Waals surface area contributed by atoms with Gasteiger partial charge < -0.3 is 18.9 Å². The summed E-state index contributed by atoms with van der Waals surface area (Å²) in [5.41, 5.74) is 12.1. The molecule has 6 nitrogen and oxygen atoms in total. The minimum Gasteiger partial charge on any atom is -0.311 e. The summed E-state index contributed by atoms with van der Waals surface area (Å²) in [4.78, 5) is 13.2. The fourth-order valence-electron chi connectivity index (χ4n) is 8.29. The number of benzene rings is 6. The SMILES string of the molecule is C=CC(=CC(=C)N(c1ccccc1)c1ccncc1)N(c1cccc(-n2c3ccccc3c3ccccc32)c1)c1cccc(-n2c3ccccc3c3cnccc32)c1. The Morgan fingerprint density at radius 3 is 1.48 bits per heavy atom. The van der Waals surface area contributed by atoms with E-state index in [1.807, 2.05) is 48.8 Å². The van der Waals surface area contributed by atoms with E-state index >= 15 is 0 Å². The predicted molar refractivity (Wildman–Crippen MR) is 242 cm³/mol. The lowest BCUT2D eigenvalue weighted by Crippen LogP contribution is -2.19. The molecule has 0 spiro atoms. The summed E-state index contributed by atoms with van der Waals surface area (Å²) in [6, 6.07) is 59.5. The Labute approximate surface area is 336 Å². The van der Waals surface area contributed by atoms with Gasteiger partial charge in [0.25, 0.3) is 0 Å². The van der Waals surface area contributed by atoms with Crippen molar-refractivity contribution in [1.82, 2.24) is 19.1 Å². The van der Waals surface area contributed by atoms with Crippen LogP contribution < -0.4 is 9.80 Å². The predicted octanol–water partition coefficient (Wildman–Crippen LogP) is 13.2. The van der Waals surface area contributed by atoms with Gasteiger partial charge in [0.15, 0.2) is 0 Å². The summed E-state index contributed by atoms with van der Waals surface area (Å²) in [7, 11) is 0. The van der Waals surface area contributed by atoms with E-state index in [1.165, 1.54) is 10.8 Å². The second-order valence-corrected chi connectivity index (χ2v) is 14.1. The first-order valence-corrected chi connectivity index (χ1v) is 19.3. The van der Waals surface area contributed by atoms with E-state index in [1.54, 1.807) is 12.4 Å². The van der Waals surface area contributed by atoms with Gasteiger partial charge in [0.1, 0.15) is 0 Å². The summed E-state index contributed by atoms with van der Waals surface area (Å²) >= 11 is 0. The van der Waals surface area contributed by atoms with Crippen LogP contribution in [-0.2, 0) is 0 Å². The van der Waals surface area contributed by atoms with Crippen LogP contribution in [0.2, 0.25) is 0 Å². The van der Waals surface area contributed by atoms with Crippen LogP contribution in [0.3, 0.4) is 0 Å². The molecule has 10 rings (SSSR count). The molecular weight excluding hydrogens is 709 g/mol. The maximum absolute atomic E-state index is 4.66. The molecule has 6 heteroatoms. The van der Waals surface area contributed by atoms with E-state index in [2.05, 4.69) is 188 Å². The maximum atomic E-state index is 4.66. The number of nitrogens with zero attached hydrogens (tertiary/aromatic N) is 6. The van der Waals surface area contributed by atoms with Gasteiger partial charge in [-0.3, -0.25) is 9.97 Å². The van der Waals surface area contributed by atoms with E-state index in [0.29, 0.717) is 0 Å². The number of hydrogen-bond acceptors (Lipinski definition) is 4. The van der Waals surface area contributed by atoms with Gasteiger partial charge >= 0.3 is 0 Å². The van der Waals surface area contributed by atoms with Crippen LogP contribution in [0.25, 0.3) is 55.0 Å². The van der Waals surface area contributed by atoms with Crippen molar-refractivity contribution >= 4 is 66.4 Å². The largest absolute Gasteiger partial charge is 0.311 e. The van der Waals surface area contributed by atoms with Gasteiger partial charge in [-0.05, 0) is 97.1 Å². The van der Waals surface area contributed by atoms with Crippen molar-refractivity contribution in [2.24, 2.45) is 0 Å². The molecule has 0 aliphatic carbocycles. The molecule has 0 fully saturated rings. The van der Waals surface area contributed by atoms with E-state index in [9.17, 15) is 0 Å². The summed E-state index contributed by atoms with van der Waals surface area (Å²) in [5.74, 6) is 0. The Morgan fingerprint density at radius 2 is 0.914 bits per heavy atom. The Balaban J connectivity index is 1.18. The van der Waals surface area contributed by atoms with Crippen molar-refractivity contribution in [2.75, 3.05) is 9.80 Å². The molecule has 0 bridgehead atoms. The highest BCUT2D eigenvalue weighted by atomic mass is 15.2. The van der Waals surface area contributed by atoms with Gasteiger partial charge in [-0.15, -0.1) is 0 Å². The quantitative estimate of drug-likeness (QED) is 0.131. The van der Waals surface area contributed by atoms with Crippen molar-refractivity contribution in [2.45, 2.75) is 0 Å². The first-order chi connectivity index (χ1) is 28.7. The van der Waals surface area contributed by atoms with Crippen LogP contribution in [0, 0.1) is 0 Å². The molecule has 0 saturated heterocycles. The normalized spacial score (nSPS) is 11.7. The minimum atomic E-state index is 0.766. The molecule has 4 heterocycles. The van der Waals surface area contributed by atoms with Crippen LogP contribution in [0.4, 0.5) is 22.7 Å². The van der Waals surface area contributed by atoms with Crippen molar-refractivity contribution in [3.63, 3.8) is 0 Å². The third kappa shape index (κ3) is 5.92. The van der Waals surface area contributed by atoms with Gasteiger partial charge in [0.2, 0.25) is 0 Å².